The molecular formula is C17H19NO3S. The first-order valence-corrected chi connectivity index (χ1v) is 8.62. The van der Waals surface area contributed by atoms with Crippen molar-refractivity contribution in [3.63, 3.8) is 0 Å². The number of aliphatic hydroxyl groups excluding tert-OH is 1. The fourth-order valence-electron chi connectivity index (χ4n) is 3.51. The molecule has 4 unspecified atom stereocenters. The summed E-state index contributed by atoms with van der Waals surface area (Å²) in [6.45, 7) is 0.263. The number of rotatable bonds is 4. The molecule has 1 amide bonds. The molecule has 2 fully saturated rings. The zero-order chi connectivity index (χ0) is 15.1. The second-order valence-corrected chi connectivity index (χ2v) is 7.28. The van der Waals surface area contributed by atoms with Crippen molar-refractivity contribution in [1.82, 2.24) is 5.32 Å². The maximum atomic E-state index is 12.2. The van der Waals surface area contributed by atoms with E-state index in [9.17, 15) is 9.90 Å². The lowest BCUT2D eigenvalue weighted by Gasteiger charge is -2.19. The Morgan fingerprint density at radius 1 is 1.41 bits per heavy atom. The van der Waals surface area contributed by atoms with E-state index >= 15 is 0 Å². The molecule has 116 valence electrons. The van der Waals surface area contributed by atoms with Crippen LogP contribution in [0.2, 0.25) is 0 Å². The highest BCUT2D eigenvalue weighted by atomic mass is 32.1. The number of hydrogen-bond acceptors (Lipinski definition) is 4. The van der Waals surface area contributed by atoms with E-state index in [2.05, 4.69) is 5.32 Å². The highest BCUT2D eigenvalue weighted by molar-refractivity contribution is 7.19. The van der Waals surface area contributed by atoms with Gasteiger partial charge in [0.1, 0.15) is 6.10 Å². The van der Waals surface area contributed by atoms with Crippen molar-refractivity contribution in [2.45, 2.75) is 37.6 Å². The van der Waals surface area contributed by atoms with Crippen LogP contribution in [-0.2, 0) is 9.53 Å². The number of thiophene rings is 1. The van der Waals surface area contributed by atoms with Crippen LogP contribution in [-0.4, -0.2) is 29.8 Å². The summed E-state index contributed by atoms with van der Waals surface area (Å²) in [5.74, 6) is -0.0132. The Kier molecular flexibility index (Phi) is 3.64. The maximum absolute atomic E-state index is 12.2. The SMILES string of the molecule is O=C(NCC(O)c1cc2ccccc2s1)C1CC2CCC1O2. The van der Waals surface area contributed by atoms with E-state index in [0.717, 1.165) is 34.2 Å². The largest absolute Gasteiger partial charge is 0.386 e. The summed E-state index contributed by atoms with van der Waals surface area (Å²) in [4.78, 5) is 13.1. The molecule has 22 heavy (non-hydrogen) atoms. The van der Waals surface area contributed by atoms with Crippen molar-refractivity contribution >= 4 is 27.3 Å². The number of carbonyl (C=O) groups excluding carboxylic acids is 1. The zero-order valence-electron chi connectivity index (χ0n) is 12.2. The minimum Gasteiger partial charge on any atom is -0.386 e. The lowest BCUT2D eigenvalue weighted by atomic mass is 9.88. The molecule has 0 spiro atoms. The summed E-state index contributed by atoms with van der Waals surface area (Å²) in [6.07, 6.45) is 2.61. The number of aliphatic hydroxyl groups is 1. The Hall–Kier alpha value is -1.43. The van der Waals surface area contributed by atoms with Crippen LogP contribution in [0, 0.1) is 5.92 Å². The number of ether oxygens (including phenoxy) is 1. The zero-order valence-corrected chi connectivity index (χ0v) is 13.0. The second-order valence-electron chi connectivity index (χ2n) is 6.16. The molecule has 5 heteroatoms. The van der Waals surface area contributed by atoms with Gasteiger partial charge in [-0.2, -0.15) is 0 Å². The van der Waals surface area contributed by atoms with Gasteiger partial charge in [0.15, 0.2) is 0 Å². The fraction of sp³-hybridized carbons (Fsp3) is 0.471. The van der Waals surface area contributed by atoms with Gasteiger partial charge in [0.2, 0.25) is 5.91 Å². The van der Waals surface area contributed by atoms with Crippen LogP contribution >= 0.6 is 11.3 Å². The van der Waals surface area contributed by atoms with Gasteiger partial charge >= 0.3 is 0 Å². The summed E-state index contributed by atoms with van der Waals surface area (Å²) in [7, 11) is 0. The topological polar surface area (TPSA) is 58.6 Å². The fourth-order valence-corrected chi connectivity index (χ4v) is 4.56. The first-order valence-electron chi connectivity index (χ1n) is 7.80. The van der Waals surface area contributed by atoms with Crippen LogP contribution in [0.3, 0.4) is 0 Å². The number of amides is 1. The van der Waals surface area contributed by atoms with Crippen LogP contribution in [0.4, 0.5) is 0 Å². The third-order valence-electron chi connectivity index (χ3n) is 4.69. The van der Waals surface area contributed by atoms with Crippen molar-refractivity contribution in [2.75, 3.05) is 6.54 Å². The summed E-state index contributed by atoms with van der Waals surface area (Å²) < 4.78 is 6.87. The second kappa shape index (κ2) is 5.65. The van der Waals surface area contributed by atoms with E-state index < -0.39 is 6.10 Å². The molecule has 2 aliphatic rings. The molecule has 2 aliphatic heterocycles. The van der Waals surface area contributed by atoms with Gasteiger partial charge in [0.05, 0.1) is 18.1 Å². The van der Waals surface area contributed by atoms with E-state index in [1.165, 1.54) is 0 Å². The first-order chi connectivity index (χ1) is 10.7. The van der Waals surface area contributed by atoms with Gasteiger partial charge in [0, 0.05) is 16.1 Å². The van der Waals surface area contributed by atoms with Gasteiger partial charge in [-0.15, -0.1) is 11.3 Å². The standard InChI is InChI=1S/C17H19NO3S/c19-13(16-7-10-3-1-2-4-15(10)22-16)9-18-17(20)12-8-11-5-6-14(12)21-11/h1-4,7,11-14,19H,5-6,8-9H2,(H,18,20). The molecule has 2 bridgehead atoms. The summed E-state index contributed by atoms with van der Waals surface area (Å²) in [5, 5.41) is 14.3. The van der Waals surface area contributed by atoms with E-state index in [-0.39, 0.29) is 30.6 Å². The average Bonchev–Trinajstić information content (AvgIpc) is 3.25. The van der Waals surface area contributed by atoms with Crippen molar-refractivity contribution in [2.24, 2.45) is 5.92 Å². The molecule has 4 nitrogen and oxygen atoms in total. The molecule has 2 aromatic rings. The van der Waals surface area contributed by atoms with Gasteiger partial charge < -0.3 is 15.2 Å². The Labute approximate surface area is 133 Å². The minimum atomic E-state index is -0.652. The van der Waals surface area contributed by atoms with E-state index in [4.69, 9.17) is 4.74 Å². The smallest absolute Gasteiger partial charge is 0.225 e. The predicted octanol–water partition coefficient (Wildman–Crippen LogP) is 2.62. The Morgan fingerprint density at radius 2 is 2.27 bits per heavy atom. The van der Waals surface area contributed by atoms with Crippen LogP contribution < -0.4 is 5.32 Å². The third-order valence-corrected chi connectivity index (χ3v) is 5.90. The van der Waals surface area contributed by atoms with Gasteiger partial charge in [-0.3, -0.25) is 4.79 Å². The van der Waals surface area contributed by atoms with E-state index in [0.29, 0.717) is 0 Å². The summed E-state index contributed by atoms with van der Waals surface area (Å²) in [6, 6.07) is 10.1. The van der Waals surface area contributed by atoms with Crippen LogP contribution in [0.5, 0.6) is 0 Å². The minimum absolute atomic E-state index is 0.0207. The molecule has 0 saturated carbocycles. The molecule has 4 atom stereocenters. The van der Waals surface area contributed by atoms with Crippen molar-refractivity contribution in [3.05, 3.63) is 35.2 Å². The Balaban J connectivity index is 1.37. The highest BCUT2D eigenvalue weighted by Gasteiger charge is 2.44. The number of benzene rings is 1. The Morgan fingerprint density at radius 3 is 3.00 bits per heavy atom. The van der Waals surface area contributed by atoms with Gasteiger partial charge in [-0.1, -0.05) is 18.2 Å². The number of hydrogen-bond donors (Lipinski definition) is 2. The average molecular weight is 317 g/mol. The molecular weight excluding hydrogens is 298 g/mol. The van der Waals surface area contributed by atoms with Gasteiger partial charge in [-0.05, 0) is 36.8 Å². The Bertz CT molecular complexity index is 665. The highest BCUT2D eigenvalue weighted by Crippen LogP contribution is 2.38. The molecule has 0 radical (unpaired) electrons. The van der Waals surface area contributed by atoms with Crippen LogP contribution in [0.25, 0.3) is 10.1 Å². The van der Waals surface area contributed by atoms with E-state index in [1.807, 2.05) is 30.3 Å². The molecule has 2 N–H and O–H groups in total. The number of fused-ring (bicyclic) bond motifs is 3. The van der Waals surface area contributed by atoms with Crippen LogP contribution in [0.1, 0.15) is 30.2 Å². The molecule has 0 aliphatic carbocycles. The van der Waals surface area contributed by atoms with Gasteiger partial charge in [0.25, 0.3) is 0 Å². The molecule has 3 heterocycles. The van der Waals surface area contributed by atoms with Crippen molar-refractivity contribution < 1.29 is 14.6 Å². The summed E-state index contributed by atoms with van der Waals surface area (Å²) in [5.41, 5.74) is 0. The predicted molar refractivity (Wildman–Crippen MR) is 85.8 cm³/mol. The normalized spacial score (nSPS) is 28.1. The van der Waals surface area contributed by atoms with Crippen molar-refractivity contribution in [3.8, 4) is 0 Å². The number of carbonyl (C=O) groups is 1. The summed E-state index contributed by atoms with van der Waals surface area (Å²) >= 11 is 1.58. The lowest BCUT2D eigenvalue weighted by molar-refractivity contribution is -0.127. The lowest BCUT2D eigenvalue weighted by Crippen LogP contribution is -2.37. The number of nitrogens with one attached hydrogen (secondary N) is 1. The molecule has 4 rings (SSSR count). The first kappa shape index (κ1) is 14.2. The third kappa shape index (κ3) is 2.53. The maximum Gasteiger partial charge on any atom is 0.225 e. The molecule has 1 aromatic carbocycles. The molecule has 2 saturated heterocycles. The van der Waals surface area contributed by atoms with Crippen LogP contribution in [0.15, 0.2) is 30.3 Å². The van der Waals surface area contributed by atoms with Gasteiger partial charge in [-0.25, -0.2) is 0 Å². The molecule has 1 aromatic heterocycles. The van der Waals surface area contributed by atoms with E-state index in [1.54, 1.807) is 11.3 Å². The quantitative estimate of drug-likeness (QED) is 0.911. The van der Waals surface area contributed by atoms with Crippen molar-refractivity contribution in [1.29, 1.82) is 0 Å². The monoisotopic (exact) mass is 317 g/mol.